The standard InChI is InChI=1S/C25H29NO3/c1-18(20-12-14-22(15-13-20)21-10-6-3-7-11-21)24(27)26-23(17-29-25(26)28)16-19-8-4-2-5-9-19/h2-11,18,20,22-23H,12-17H2,1H3/t18-,20?,22?,23?/m0/s1. The number of carbonyl (C=O) groups excluding carboxylic acids is 2. The number of imide groups is 1. The first-order valence-electron chi connectivity index (χ1n) is 10.7. The maximum atomic E-state index is 13.2. The molecule has 2 amide bonds. The highest BCUT2D eigenvalue weighted by atomic mass is 16.6. The number of cyclic esters (lactones) is 1. The van der Waals surface area contributed by atoms with Crippen molar-refractivity contribution in [2.75, 3.05) is 6.61 Å². The van der Waals surface area contributed by atoms with Crippen LogP contribution in [0.1, 0.15) is 49.7 Å². The molecule has 4 heteroatoms. The van der Waals surface area contributed by atoms with E-state index in [1.165, 1.54) is 10.5 Å². The Morgan fingerprint density at radius 2 is 1.62 bits per heavy atom. The lowest BCUT2D eigenvalue weighted by atomic mass is 9.74. The van der Waals surface area contributed by atoms with Gasteiger partial charge in [-0.05, 0) is 55.1 Å². The summed E-state index contributed by atoms with van der Waals surface area (Å²) in [5, 5.41) is 0. The predicted molar refractivity (Wildman–Crippen MR) is 112 cm³/mol. The normalized spacial score (nSPS) is 25.5. The summed E-state index contributed by atoms with van der Waals surface area (Å²) in [5.41, 5.74) is 2.51. The monoisotopic (exact) mass is 391 g/mol. The van der Waals surface area contributed by atoms with E-state index in [0.29, 0.717) is 18.3 Å². The van der Waals surface area contributed by atoms with Crippen LogP contribution in [0, 0.1) is 11.8 Å². The van der Waals surface area contributed by atoms with Crippen LogP contribution in [0.2, 0.25) is 0 Å². The van der Waals surface area contributed by atoms with Crippen molar-refractivity contribution in [2.24, 2.45) is 11.8 Å². The van der Waals surface area contributed by atoms with E-state index in [1.54, 1.807) is 0 Å². The second kappa shape index (κ2) is 8.81. The van der Waals surface area contributed by atoms with Crippen LogP contribution in [0.5, 0.6) is 0 Å². The summed E-state index contributed by atoms with van der Waals surface area (Å²) in [4.78, 5) is 26.9. The maximum Gasteiger partial charge on any atom is 0.416 e. The fourth-order valence-corrected chi connectivity index (χ4v) is 4.87. The fourth-order valence-electron chi connectivity index (χ4n) is 4.87. The Balaban J connectivity index is 1.38. The van der Waals surface area contributed by atoms with Crippen LogP contribution in [0.25, 0.3) is 0 Å². The molecule has 1 aliphatic carbocycles. The summed E-state index contributed by atoms with van der Waals surface area (Å²) in [6.07, 6.45) is 4.41. The van der Waals surface area contributed by atoms with Crippen molar-refractivity contribution in [1.82, 2.24) is 4.90 Å². The number of amides is 2. The number of carbonyl (C=O) groups is 2. The van der Waals surface area contributed by atoms with Gasteiger partial charge in [0, 0.05) is 5.92 Å². The number of hydrogen-bond acceptors (Lipinski definition) is 3. The van der Waals surface area contributed by atoms with E-state index in [9.17, 15) is 9.59 Å². The molecular weight excluding hydrogens is 362 g/mol. The van der Waals surface area contributed by atoms with Crippen LogP contribution in [0.4, 0.5) is 4.79 Å². The zero-order valence-electron chi connectivity index (χ0n) is 17.0. The Morgan fingerprint density at radius 1 is 1.00 bits per heavy atom. The van der Waals surface area contributed by atoms with Gasteiger partial charge in [-0.2, -0.15) is 0 Å². The second-order valence-corrected chi connectivity index (χ2v) is 8.44. The summed E-state index contributed by atoms with van der Waals surface area (Å²) < 4.78 is 5.25. The molecule has 2 atom stereocenters. The number of nitrogens with zero attached hydrogens (tertiary/aromatic N) is 1. The number of hydrogen-bond donors (Lipinski definition) is 0. The molecule has 4 nitrogen and oxygen atoms in total. The SMILES string of the molecule is C[C@H](C(=O)N1C(=O)OCC1Cc1ccccc1)C1CCC(c2ccccc2)CC1. The molecule has 29 heavy (non-hydrogen) atoms. The molecule has 0 N–H and O–H groups in total. The molecule has 2 aromatic rings. The molecule has 4 rings (SSSR count). The van der Waals surface area contributed by atoms with Crippen LogP contribution in [-0.4, -0.2) is 29.5 Å². The average molecular weight is 392 g/mol. The first kappa shape index (κ1) is 19.7. The van der Waals surface area contributed by atoms with E-state index >= 15 is 0 Å². The van der Waals surface area contributed by atoms with E-state index < -0.39 is 6.09 Å². The second-order valence-electron chi connectivity index (χ2n) is 8.44. The molecule has 0 aromatic heterocycles. The Kier molecular flexibility index (Phi) is 5.98. The number of rotatable bonds is 5. The van der Waals surface area contributed by atoms with Crippen molar-refractivity contribution >= 4 is 12.0 Å². The fraction of sp³-hybridized carbons (Fsp3) is 0.440. The molecule has 2 aromatic carbocycles. The van der Waals surface area contributed by atoms with Gasteiger partial charge in [0.1, 0.15) is 6.61 Å². The van der Waals surface area contributed by atoms with Crippen molar-refractivity contribution < 1.29 is 14.3 Å². The molecule has 1 saturated heterocycles. The highest BCUT2D eigenvalue weighted by molar-refractivity contribution is 5.94. The molecular formula is C25H29NO3. The van der Waals surface area contributed by atoms with E-state index in [2.05, 4.69) is 30.3 Å². The first-order chi connectivity index (χ1) is 14.1. The lowest BCUT2D eigenvalue weighted by Crippen LogP contribution is -2.45. The van der Waals surface area contributed by atoms with Gasteiger partial charge in [-0.15, -0.1) is 0 Å². The summed E-state index contributed by atoms with van der Waals surface area (Å²) >= 11 is 0. The lowest BCUT2D eigenvalue weighted by Gasteiger charge is -2.33. The number of ether oxygens (including phenoxy) is 1. The van der Waals surface area contributed by atoms with E-state index in [0.717, 1.165) is 31.2 Å². The van der Waals surface area contributed by atoms with Crippen molar-refractivity contribution in [1.29, 1.82) is 0 Å². The van der Waals surface area contributed by atoms with Gasteiger partial charge >= 0.3 is 6.09 Å². The summed E-state index contributed by atoms with van der Waals surface area (Å²) in [7, 11) is 0. The van der Waals surface area contributed by atoms with Gasteiger partial charge in [0.15, 0.2) is 0 Å². The quantitative estimate of drug-likeness (QED) is 0.705. The van der Waals surface area contributed by atoms with E-state index in [1.807, 2.05) is 37.3 Å². The van der Waals surface area contributed by atoms with Crippen molar-refractivity contribution in [3.63, 3.8) is 0 Å². The van der Waals surface area contributed by atoms with Crippen molar-refractivity contribution in [3.8, 4) is 0 Å². The molecule has 0 radical (unpaired) electrons. The average Bonchev–Trinajstić information content (AvgIpc) is 3.14. The van der Waals surface area contributed by atoms with Crippen LogP contribution in [0.3, 0.4) is 0 Å². The van der Waals surface area contributed by atoms with Crippen LogP contribution in [-0.2, 0) is 16.0 Å². The molecule has 0 bridgehead atoms. The first-order valence-corrected chi connectivity index (χ1v) is 10.7. The van der Waals surface area contributed by atoms with Gasteiger partial charge in [-0.3, -0.25) is 4.79 Å². The van der Waals surface area contributed by atoms with Crippen LogP contribution in [0.15, 0.2) is 60.7 Å². The minimum Gasteiger partial charge on any atom is -0.447 e. The third kappa shape index (κ3) is 4.36. The Labute approximate surface area is 172 Å². The molecule has 1 saturated carbocycles. The predicted octanol–water partition coefficient (Wildman–Crippen LogP) is 5.19. The minimum atomic E-state index is -0.485. The van der Waals surface area contributed by atoms with Crippen LogP contribution >= 0.6 is 0 Å². The summed E-state index contributed by atoms with van der Waals surface area (Å²) in [6, 6.07) is 20.4. The number of benzene rings is 2. The van der Waals surface area contributed by atoms with Gasteiger partial charge in [-0.25, -0.2) is 9.69 Å². The molecule has 1 aliphatic heterocycles. The third-order valence-electron chi connectivity index (χ3n) is 6.65. The zero-order valence-corrected chi connectivity index (χ0v) is 17.0. The Morgan fingerprint density at radius 3 is 2.28 bits per heavy atom. The summed E-state index contributed by atoms with van der Waals surface area (Å²) in [6.45, 7) is 2.27. The lowest BCUT2D eigenvalue weighted by molar-refractivity contribution is -0.135. The zero-order chi connectivity index (χ0) is 20.2. The molecule has 152 valence electrons. The van der Waals surface area contributed by atoms with Crippen molar-refractivity contribution in [2.45, 2.75) is 51.0 Å². The minimum absolute atomic E-state index is 0.0726. The van der Waals surface area contributed by atoms with Crippen LogP contribution < -0.4 is 0 Å². The highest BCUT2D eigenvalue weighted by Crippen LogP contribution is 2.39. The highest BCUT2D eigenvalue weighted by Gasteiger charge is 2.42. The molecule has 1 heterocycles. The van der Waals surface area contributed by atoms with Gasteiger partial charge < -0.3 is 4.74 Å². The van der Waals surface area contributed by atoms with E-state index in [-0.39, 0.29) is 24.5 Å². The smallest absolute Gasteiger partial charge is 0.416 e. The van der Waals surface area contributed by atoms with Gasteiger partial charge in [0.05, 0.1) is 6.04 Å². The third-order valence-corrected chi connectivity index (χ3v) is 6.65. The molecule has 2 fully saturated rings. The molecule has 1 unspecified atom stereocenters. The van der Waals surface area contributed by atoms with Gasteiger partial charge in [-0.1, -0.05) is 67.6 Å². The van der Waals surface area contributed by atoms with Crippen molar-refractivity contribution in [3.05, 3.63) is 71.8 Å². The Bertz CT molecular complexity index is 828. The largest absolute Gasteiger partial charge is 0.447 e. The van der Waals surface area contributed by atoms with Gasteiger partial charge in [0.25, 0.3) is 0 Å². The summed E-state index contributed by atoms with van der Waals surface area (Å²) in [5.74, 6) is 0.679. The Hall–Kier alpha value is -2.62. The molecule has 2 aliphatic rings. The van der Waals surface area contributed by atoms with E-state index in [4.69, 9.17) is 4.74 Å². The molecule has 0 spiro atoms. The topological polar surface area (TPSA) is 46.6 Å². The maximum absolute atomic E-state index is 13.2. The van der Waals surface area contributed by atoms with Gasteiger partial charge in [0.2, 0.25) is 5.91 Å².